The fourth-order valence-corrected chi connectivity index (χ4v) is 1.19. The molecule has 0 rings (SSSR count). The van der Waals surface area contributed by atoms with Crippen molar-refractivity contribution in [2.45, 2.75) is 26.3 Å². The van der Waals surface area contributed by atoms with Crippen molar-refractivity contribution in [1.82, 2.24) is 4.90 Å². The van der Waals surface area contributed by atoms with Gasteiger partial charge in [-0.3, -0.25) is 0 Å². The number of halogens is 1. The number of hydrogen-bond donors (Lipinski definition) is 0. The van der Waals surface area contributed by atoms with Gasteiger partial charge in [0.25, 0.3) is 0 Å². The van der Waals surface area contributed by atoms with Crippen LogP contribution in [0, 0.1) is 0 Å². The second-order valence-corrected chi connectivity index (χ2v) is 4.36. The van der Waals surface area contributed by atoms with E-state index in [1.807, 2.05) is 0 Å². The standard InChI is InChI=1S/C7H16IN/c1-7(2,3)9(4)6-5-8/h5-6H2,1-4H3. The molecule has 0 atom stereocenters. The van der Waals surface area contributed by atoms with Gasteiger partial charge in [-0.2, -0.15) is 0 Å². The Hall–Kier alpha value is 0.690. The molecule has 56 valence electrons. The van der Waals surface area contributed by atoms with E-state index in [1.165, 1.54) is 11.0 Å². The minimum atomic E-state index is 0.338. The number of alkyl halides is 1. The maximum absolute atomic E-state index is 2.40. The van der Waals surface area contributed by atoms with Crippen LogP contribution in [0.3, 0.4) is 0 Å². The normalized spacial score (nSPS) is 12.7. The highest BCUT2D eigenvalue weighted by Crippen LogP contribution is 2.09. The summed E-state index contributed by atoms with van der Waals surface area (Å²) in [6.07, 6.45) is 0. The van der Waals surface area contributed by atoms with Crippen molar-refractivity contribution in [3.63, 3.8) is 0 Å². The lowest BCUT2D eigenvalue weighted by Crippen LogP contribution is -2.39. The van der Waals surface area contributed by atoms with Crippen molar-refractivity contribution in [1.29, 1.82) is 0 Å². The Kier molecular flexibility index (Phi) is 4.05. The van der Waals surface area contributed by atoms with Crippen LogP contribution in [-0.4, -0.2) is 28.5 Å². The zero-order valence-electron chi connectivity index (χ0n) is 6.74. The minimum Gasteiger partial charge on any atom is -0.301 e. The summed E-state index contributed by atoms with van der Waals surface area (Å²) in [6.45, 7) is 7.89. The molecule has 0 aromatic carbocycles. The molecule has 0 bridgehead atoms. The van der Waals surface area contributed by atoms with Crippen molar-refractivity contribution in [2.75, 3.05) is 18.0 Å². The van der Waals surface area contributed by atoms with E-state index in [9.17, 15) is 0 Å². The monoisotopic (exact) mass is 241 g/mol. The van der Waals surface area contributed by atoms with E-state index in [1.54, 1.807) is 0 Å². The van der Waals surface area contributed by atoms with Gasteiger partial charge >= 0.3 is 0 Å². The molecule has 2 heteroatoms. The predicted octanol–water partition coefficient (Wildman–Crippen LogP) is 2.15. The molecule has 0 radical (unpaired) electrons. The highest BCUT2D eigenvalue weighted by molar-refractivity contribution is 14.1. The smallest absolute Gasteiger partial charge is 0.0123 e. The Morgan fingerprint density at radius 3 is 1.89 bits per heavy atom. The molecule has 0 fully saturated rings. The van der Waals surface area contributed by atoms with Gasteiger partial charge in [-0.1, -0.05) is 22.6 Å². The fourth-order valence-electron chi connectivity index (χ4n) is 0.462. The molecule has 0 unspecified atom stereocenters. The van der Waals surface area contributed by atoms with E-state index in [0.29, 0.717) is 5.54 Å². The average molecular weight is 241 g/mol. The predicted molar refractivity (Wildman–Crippen MR) is 51.3 cm³/mol. The molecule has 1 nitrogen and oxygen atoms in total. The van der Waals surface area contributed by atoms with E-state index in [0.717, 1.165) is 0 Å². The molecule has 0 aliphatic rings. The second-order valence-electron chi connectivity index (χ2n) is 3.28. The first-order valence-electron chi connectivity index (χ1n) is 3.25. The molecular weight excluding hydrogens is 225 g/mol. The van der Waals surface area contributed by atoms with Crippen LogP contribution < -0.4 is 0 Å². The maximum Gasteiger partial charge on any atom is 0.0123 e. The zero-order chi connectivity index (χ0) is 7.49. The molecule has 9 heavy (non-hydrogen) atoms. The SMILES string of the molecule is CN(CCI)C(C)(C)C. The number of hydrogen-bond acceptors (Lipinski definition) is 1. The van der Waals surface area contributed by atoms with Crippen molar-refractivity contribution < 1.29 is 0 Å². The summed E-state index contributed by atoms with van der Waals surface area (Å²) in [6, 6.07) is 0. The highest BCUT2D eigenvalue weighted by atomic mass is 127. The van der Waals surface area contributed by atoms with Gasteiger partial charge in [0, 0.05) is 16.5 Å². The molecule has 0 aliphatic heterocycles. The second kappa shape index (κ2) is 3.76. The van der Waals surface area contributed by atoms with Crippen LogP contribution in [0.25, 0.3) is 0 Å². The van der Waals surface area contributed by atoms with Gasteiger partial charge in [-0.25, -0.2) is 0 Å². The van der Waals surface area contributed by atoms with Gasteiger partial charge in [0.1, 0.15) is 0 Å². The first kappa shape index (κ1) is 9.69. The topological polar surface area (TPSA) is 3.24 Å². The van der Waals surface area contributed by atoms with E-state index in [-0.39, 0.29) is 0 Å². The van der Waals surface area contributed by atoms with Gasteiger partial charge in [0.15, 0.2) is 0 Å². The number of nitrogens with zero attached hydrogens (tertiary/aromatic N) is 1. The third-order valence-corrected chi connectivity index (χ3v) is 2.05. The maximum atomic E-state index is 2.40. The lowest BCUT2D eigenvalue weighted by atomic mass is 10.1. The van der Waals surface area contributed by atoms with Crippen LogP contribution in [0.5, 0.6) is 0 Å². The first-order chi connectivity index (χ1) is 3.98. The van der Waals surface area contributed by atoms with Gasteiger partial charge < -0.3 is 4.90 Å². The van der Waals surface area contributed by atoms with Crippen molar-refractivity contribution in [3.8, 4) is 0 Å². The van der Waals surface area contributed by atoms with Crippen LogP contribution in [0.4, 0.5) is 0 Å². The van der Waals surface area contributed by atoms with Crippen LogP contribution >= 0.6 is 22.6 Å². The van der Waals surface area contributed by atoms with Crippen molar-refractivity contribution >= 4 is 22.6 Å². The summed E-state index contributed by atoms with van der Waals surface area (Å²) in [5.41, 5.74) is 0.338. The minimum absolute atomic E-state index is 0.338. The summed E-state index contributed by atoms with van der Waals surface area (Å²) in [7, 11) is 2.17. The lowest BCUT2D eigenvalue weighted by molar-refractivity contribution is 0.188. The molecule has 0 aliphatic carbocycles. The molecule has 0 saturated heterocycles. The third-order valence-electron chi connectivity index (χ3n) is 1.57. The molecule has 0 heterocycles. The first-order valence-corrected chi connectivity index (χ1v) is 4.78. The van der Waals surface area contributed by atoms with Crippen LogP contribution in [-0.2, 0) is 0 Å². The highest BCUT2D eigenvalue weighted by Gasteiger charge is 2.14. The summed E-state index contributed by atoms with van der Waals surface area (Å²) in [5, 5.41) is 0. The van der Waals surface area contributed by atoms with E-state index in [4.69, 9.17) is 0 Å². The van der Waals surface area contributed by atoms with Gasteiger partial charge in [0.05, 0.1) is 0 Å². The summed E-state index contributed by atoms with van der Waals surface area (Å²) >= 11 is 2.40. The van der Waals surface area contributed by atoms with Crippen molar-refractivity contribution in [3.05, 3.63) is 0 Å². The molecule has 0 spiro atoms. The van der Waals surface area contributed by atoms with E-state index in [2.05, 4.69) is 55.3 Å². The molecule has 0 aromatic rings. The Morgan fingerprint density at radius 2 is 1.78 bits per heavy atom. The van der Waals surface area contributed by atoms with Crippen molar-refractivity contribution in [2.24, 2.45) is 0 Å². The van der Waals surface area contributed by atoms with Crippen LogP contribution in [0.1, 0.15) is 20.8 Å². The Labute approximate surface area is 72.0 Å². The average Bonchev–Trinajstić information content (AvgIpc) is 1.64. The van der Waals surface area contributed by atoms with E-state index >= 15 is 0 Å². The van der Waals surface area contributed by atoms with E-state index < -0.39 is 0 Å². The van der Waals surface area contributed by atoms with Gasteiger partial charge in [0.2, 0.25) is 0 Å². The number of rotatable bonds is 2. The Morgan fingerprint density at radius 1 is 1.33 bits per heavy atom. The Bertz CT molecular complexity index is 75.5. The van der Waals surface area contributed by atoms with Crippen LogP contribution in [0.15, 0.2) is 0 Å². The fraction of sp³-hybridized carbons (Fsp3) is 1.00. The quantitative estimate of drug-likeness (QED) is 0.529. The Balaban J connectivity index is 3.59. The van der Waals surface area contributed by atoms with Gasteiger partial charge in [-0.05, 0) is 27.8 Å². The molecule has 0 amide bonds. The lowest BCUT2D eigenvalue weighted by Gasteiger charge is -2.31. The molecule has 0 saturated carbocycles. The molecule has 0 N–H and O–H groups in total. The summed E-state index contributed by atoms with van der Waals surface area (Å²) in [5.74, 6) is 0. The third kappa shape index (κ3) is 4.14. The summed E-state index contributed by atoms with van der Waals surface area (Å²) < 4.78 is 1.21. The largest absolute Gasteiger partial charge is 0.301 e. The van der Waals surface area contributed by atoms with Crippen LogP contribution in [0.2, 0.25) is 0 Å². The summed E-state index contributed by atoms with van der Waals surface area (Å²) in [4.78, 5) is 2.36. The molecule has 0 aromatic heterocycles. The molecular formula is C7H16IN. The van der Waals surface area contributed by atoms with Gasteiger partial charge in [-0.15, -0.1) is 0 Å². The zero-order valence-corrected chi connectivity index (χ0v) is 8.90.